The Kier molecular flexibility index (Phi) is 3.92. The van der Waals surface area contributed by atoms with Crippen LogP contribution in [0.15, 0.2) is 30.5 Å². The van der Waals surface area contributed by atoms with Gasteiger partial charge in [0.05, 0.1) is 17.4 Å². The highest BCUT2D eigenvalue weighted by Crippen LogP contribution is 2.20. The molecule has 2 N–H and O–H groups in total. The Morgan fingerprint density at radius 2 is 2.17 bits per heavy atom. The van der Waals surface area contributed by atoms with Crippen LogP contribution in [-0.2, 0) is 14.3 Å². The van der Waals surface area contributed by atoms with E-state index in [-0.39, 0.29) is 23.0 Å². The average Bonchev–Trinajstić information content (AvgIpc) is 3.09. The molecule has 122 valence electrons. The fraction of sp³-hybridized carbons (Fsp3) is 0.250. The lowest BCUT2D eigenvalue weighted by Crippen LogP contribution is -2.22. The van der Waals surface area contributed by atoms with Crippen molar-refractivity contribution in [3.05, 3.63) is 41.6 Å². The SMILES string of the molecule is CC1CC(OC(=O)c2ccc(-n3ncc(C#N)c3N)cc2)C(=O)O1. The number of hydrogen-bond acceptors (Lipinski definition) is 7. The van der Waals surface area contributed by atoms with Gasteiger partial charge in [0.1, 0.15) is 23.6 Å². The summed E-state index contributed by atoms with van der Waals surface area (Å²) in [7, 11) is 0. The van der Waals surface area contributed by atoms with Gasteiger partial charge < -0.3 is 15.2 Å². The molecular weight excluding hydrogens is 312 g/mol. The summed E-state index contributed by atoms with van der Waals surface area (Å²) in [4.78, 5) is 23.6. The molecule has 8 nitrogen and oxygen atoms in total. The number of anilines is 1. The molecule has 8 heteroatoms. The molecule has 1 aliphatic heterocycles. The standard InChI is InChI=1S/C16H14N4O4/c1-9-6-13(16(22)23-9)24-15(21)10-2-4-12(5-3-10)20-14(18)11(7-17)8-19-20/h2-5,8-9,13H,6,18H2,1H3. The van der Waals surface area contributed by atoms with E-state index in [1.807, 2.05) is 6.07 Å². The molecule has 0 saturated carbocycles. The molecule has 0 amide bonds. The molecule has 1 aromatic carbocycles. The van der Waals surface area contributed by atoms with Crippen LogP contribution in [0.5, 0.6) is 0 Å². The highest BCUT2D eigenvalue weighted by molar-refractivity contribution is 5.92. The lowest BCUT2D eigenvalue weighted by molar-refractivity contribution is -0.147. The molecule has 2 atom stereocenters. The van der Waals surface area contributed by atoms with Gasteiger partial charge in [0, 0.05) is 6.42 Å². The van der Waals surface area contributed by atoms with Gasteiger partial charge in [-0.05, 0) is 31.2 Å². The zero-order valence-corrected chi connectivity index (χ0v) is 12.8. The third-order valence-electron chi connectivity index (χ3n) is 3.65. The molecule has 0 spiro atoms. The minimum absolute atomic E-state index is 0.218. The normalized spacial score (nSPS) is 19.6. The summed E-state index contributed by atoms with van der Waals surface area (Å²) in [5, 5.41) is 12.9. The first-order valence-electron chi connectivity index (χ1n) is 7.25. The van der Waals surface area contributed by atoms with Crippen LogP contribution in [0.2, 0.25) is 0 Å². The van der Waals surface area contributed by atoms with Crippen molar-refractivity contribution in [2.75, 3.05) is 5.73 Å². The van der Waals surface area contributed by atoms with E-state index < -0.39 is 18.0 Å². The number of nitrogens with two attached hydrogens (primary N) is 1. The van der Waals surface area contributed by atoms with E-state index in [4.69, 9.17) is 20.5 Å². The fourth-order valence-electron chi connectivity index (χ4n) is 2.40. The van der Waals surface area contributed by atoms with Crippen molar-refractivity contribution >= 4 is 17.8 Å². The van der Waals surface area contributed by atoms with Gasteiger partial charge in [-0.25, -0.2) is 14.3 Å². The van der Waals surface area contributed by atoms with Crippen molar-refractivity contribution in [3.63, 3.8) is 0 Å². The molecule has 1 aromatic heterocycles. The molecule has 2 heterocycles. The van der Waals surface area contributed by atoms with Gasteiger partial charge in [-0.2, -0.15) is 10.4 Å². The lowest BCUT2D eigenvalue weighted by atomic mass is 10.2. The molecule has 3 rings (SSSR count). The van der Waals surface area contributed by atoms with Crippen LogP contribution in [0.3, 0.4) is 0 Å². The Labute approximate surface area is 137 Å². The molecule has 2 unspecified atom stereocenters. The summed E-state index contributed by atoms with van der Waals surface area (Å²) in [6, 6.07) is 8.25. The number of nitrogen functional groups attached to an aromatic ring is 1. The first kappa shape index (κ1) is 15.6. The first-order valence-corrected chi connectivity index (χ1v) is 7.25. The minimum atomic E-state index is -0.868. The van der Waals surface area contributed by atoms with E-state index in [1.54, 1.807) is 19.1 Å². The van der Waals surface area contributed by atoms with Crippen LogP contribution in [0.25, 0.3) is 5.69 Å². The van der Waals surface area contributed by atoms with Gasteiger partial charge in [-0.1, -0.05) is 0 Å². The monoisotopic (exact) mass is 326 g/mol. The second-order valence-electron chi connectivity index (χ2n) is 5.39. The van der Waals surface area contributed by atoms with Crippen molar-refractivity contribution in [1.82, 2.24) is 9.78 Å². The highest BCUT2D eigenvalue weighted by Gasteiger charge is 2.35. The highest BCUT2D eigenvalue weighted by atomic mass is 16.6. The maximum Gasteiger partial charge on any atom is 0.347 e. The summed E-state index contributed by atoms with van der Waals surface area (Å²) in [6.07, 6.45) is 0.593. The zero-order chi connectivity index (χ0) is 17.3. The molecule has 1 fully saturated rings. The third-order valence-corrected chi connectivity index (χ3v) is 3.65. The van der Waals surface area contributed by atoms with Gasteiger partial charge in [0.2, 0.25) is 6.10 Å². The molecule has 1 saturated heterocycles. The first-order chi connectivity index (χ1) is 11.5. The molecule has 0 aliphatic carbocycles. The minimum Gasteiger partial charge on any atom is -0.460 e. The number of nitrogens with zero attached hydrogens (tertiary/aromatic N) is 3. The number of aromatic nitrogens is 2. The number of cyclic esters (lactones) is 1. The number of benzene rings is 1. The smallest absolute Gasteiger partial charge is 0.347 e. The third kappa shape index (κ3) is 2.79. The van der Waals surface area contributed by atoms with Crippen molar-refractivity contribution < 1.29 is 19.1 Å². The predicted octanol–water partition coefficient (Wildman–Crippen LogP) is 1.19. The average molecular weight is 326 g/mol. The van der Waals surface area contributed by atoms with E-state index >= 15 is 0 Å². The van der Waals surface area contributed by atoms with Crippen LogP contribution in [0, 0.1) is 11.3 Å². The summed E-state index contributed by atoms with van der Waals surface area (Å²) >= 11 is 0. The molecular formula is C16H14N4O4. The Hall–Kier alpha value is -3.34. The van der Waals surface area contributed by atoms with Gasteiger partial charge >= 0.3 is 11.9 Å². The lowest BCUT2D eigenvalue weighted by Gasteiger charge is -2.09. The second kappa shape index (κ2) is 6.04. The number of carbonyl (C=O) groups is 2. The number of carbonyl (C=O) groups excluding carboxylic acids is 2. The second-order valence-corrected chi connectivity index (χ2v) is 5.39. The van der Waals surface area contributed by atoms with E-state index in [1.165, 1.54) is 23.0 Å². The van der Waals surface area contributed by atoms with Crippen LogP contribution < -0.4 is 5.73 Å². The Bertz CT molecular complexity index is 835. The summed E-state index contributed by atoms with van der Waals surface area (Å²) in [5.41, 5.74) is 6.97. The van der Waals surface area contributed by atoms with Gasteiger partial charge in [0.15, 0.2) is 0 Å². The largest absolute Gasteiger partial charge is 0.460 e. The number of esters is 2. The molecule has 24 heavy (non-hydrogen) atoms. The number of rotatable bonds is 3. The van der Waals surface area contributed by atoms with E-state index in [9.17, 15) is 9.59 Å². The van der Waals surface area contributed by atoms with Gasteiger partial charge in [-0.15, -0.1) is 0 Å². The topological polar surface area (TPSA) is 120 Å². The van der Waals surface area contributed by atoms with Crippen molar-refractivity contribution in [2.45, 2.75) is 25.6 Å². The maximum atomic E-state index is 12.1. The van der Waals surface area contributed by atoms with Crippen LogP contribution in [0.1, 0.15) is 29.3 Å². The molecule has 0 bridgehead atoms. The summed E-state index contributed by atoms with van der Waals surface area (Å²) < 4.78 is 11.5. The zero-order valence-electron chi connectivity index (χ0n) is 12.8. The van der Waals surface area contributed by atoms with E-state index in [0.717, 1.165) is 0 Å². The molecule has 2 aromatic rings. The predicted molar refractivity (Wildman–Crippen MR) is 82.1 cm³/mol. The van der Waals surface area contributed by atoms with Crippen molar-refractivity contribution in [1.29, 1.82) is 5.26 Å². The van der Waals surface area contributed by atoms with Gasteiger partial charge in [0.25, 0.3) is 0 Å². The van der Waals surface area contributed by atoms with Crippen LogP contribution >= 0.6 is 0 Å². The number of nitriles is 1. The maximum absolute atomic E-state index is 12.1. The quantitative estimate of drug-likeness (QED) is 0.841. The fourth-order valence-corrected chi connectivity index (χ4v) is 2.40. The number of ether oxygens (including phenoxy) is 2. The van der Waals surface area contributed by atoms with Crippen LogP contribution in [0.4, 0.5) is 5.82 Å². The Morgan fingerprint density at radius 1 is 1.46 bits per heavy atom. The van der Waals surface area contributed by atoms with E-state index in [0.29, 0.717) is 12.1 Å². The van der Waals surface area contributed by atoms with Crippen molar-refractivity contribution in [2.24, 2.45) is 0 Å². The Morgan fingerprint density at radius 3 is 2.71 bits per heavy atom. The Balaban J connectivity index is 1.74. The van der Waals surface area contributed by atoms with E-state index in [2.05, 4.69) is 5.10 Å². The van der Waals surface area contributed by atoms with Gasteiger partial charge in [-0.3, -0.25) is 0 Å². The van der Waals surface area contributed by atoms with Crippen molar-refractivity contribution in [3.8, 4) is 11.8 Å². The molecule has 1 aliphatic rings. The summed E-state index contributed by atoms with van der Waals surface area (Å²) in [6.45, 7) is 1.74. The molecule has 0 radical (unpaired) electrons. The van der Waals surface area contributed by atoms with Crippen LogP contribution in [-0.4, -0.2) is 33.9 Å². The summed E-state index contributed by atoms with van der Waals surface area (Å²) in [5.74, 6) is -0.917. The number of hydrogen-bond donors (Lipinski definition) is 1.